The molecule has 2 aromatic carbocycles. The molecule has 130 valence electrons. The molecule has 1 unspecified atom stereocenters. The maximum atomic E-state index is 12.3. The predicted molar refractivity (Wildman–Crippen MR) is 99.9 cm³/mol. The van der Waals surface area contributed by atoms with Gasteiger partial charge in [0.25, 0.3) is 0 Å². The molecule has 0 saturated carbocycles. The lowest BCUT2D eigenvalue weighted by Crippen LogP contribution is -2.30. The number of aromatic nitrogens is 2. The first-order valence-electron chi connectivity index (χ1n) is 7.98. The van der Waals surface area contributed by atoms with E-state index in [1.807, 2.05) is 43.3 Å². The van der Waals surface area contributed by atoms with E-state index in [1.54, 1.807) is 6.92 Å². The number of thioether (sulfide) groups is 1. The highest BCUT2D eigenvalue weighted by Crippen LogP contribution is 2.33. The summed E-state index contributed by atoms with van der Waals surface area (Å²) in [5.74, 6) is 1.20. The maximum Gasteiger partial charge on any atom is 0.230 e. The van der Waals surface area contributed by atoms with Crippen molar-refractivity contribution in [3.63, 3.8) is 0 Å². The van der Waals surface area contributed by atoms with Crippen LogP contribution in [-0.2, 0) is 4.79 Å². The number of nitrogens with one attached hydrogen (secondary N) is 1. The third-order valence-corrected chi connectivity index (χ3v) is 5.15. The normalized spacial score (nSPS) is 12.3. The summed E-state index contributed by atoms with van der Waals surface area (Å²) in [7, 11) is 0. The van der Waals surface area contributed by atoms with Gasteiger partial charge in [0.15, 0.2) is 5.82 Å². The summed E-state index contributed by atoms with van der Waals surface area (Å²) in [6.45, 7) is 3.69. The summed E-state index contributed by atoms with van der Waals surface area (Å²) in [5, 5.41) is 9.57. The van der Waals surface area contributed by atoms with Gasteiger partial charge in [0, 0.05) is 22.2 Å². The lowest BCUT2D eigenvalue weighted by Gasteiger charge is -2.13. The Balaban J connectivity index is 1.68. The lowest BCUT2D eigenvalue weighted by atomic mass is 10.1. The van der Waals surface area contributed by atoms with Gasteiger partial charge in [-0.3, -0.25) is 4.79 Å². The Morgan fingerprint density at radius 2 is 2.08 bits per heavy atom. The SMILES string of the molecule is CCC(NC(=O)CSc1cccc2cccc(Cl)c12)c1noc(C)n1. The molecule has 5 nitrogen and oxygen atoms in total. The van der Waals surface area contributed by atoms with Gasteiger partial charge in [0.2, 0.25) is 11.8 Å². The molecule has 0 fully saturated rings. The zero-order chi connectivity index (χ0) is 17.8. The molecule has 25 heavy (non-hydrogen) atoms. The Morgan fingerprint density at radius 3 is 2.76 bits per heavy atom. The van der Waals surface area contributed by atoms with Crippen molar-refractivity contribution in [2.75, 3.05) is 5.75 Å². The molecule has 0 spiro atoms. The van der Waals surface area contributed by atoms with E-state index in [0.29, 0.717) is 23.2 Å². The molecule has 0 aliphatic rings. The number of fused-ring (bicyclic) bond motifs is 1. The van der Waals surface area contributed by atoms with Gasteiger partial charge in [-0.25, -0.2) is 0 Å². The number of halogens is 1. The molecule has 1 aromatic heterocycles. The number of carbonyl (C=O) groups excluding carboxylic acids is 1. The van der Waals surface area contributed by atoms with Crippen molar-refractivity contribution in [3.05, 3.63) is 53.1 Å². The largest absolute Gasteiger partial charge is 0.345 e. The molecule has 1 heterocycles. The van der Waals surface area contributed by atoms with Gasteiger partial charge in [0.1, 0.15) is 0 Å². The van der Waals surface area contributed by atoms with Crippen molar-refractivity contribution >= 4 is 40.0 Å². The molecule has 0 aliphatic heterocycles. The summed E-state index contributed by atoms with van der Waals surface area (Å²) in [5.41, 5.74) is 0. The third kappa shape index (κ3) is 4.14. The summed E-state index contributed by atoms with van der Waals surface area (Å²) < 4.78 is 4.99. The van der Waals surface area contributed by atoms with Gasteiger partial charge < -0.3 is 9.84 Å². The monoisotopic (exact) mass is 375 g/mol. The van der Waals surface area contributed by atoms with Crippen LogP contribution in [0.2, 0.25) is 5.02 Å². The van der Waals surface area contributed by atoms with E-state index in [4.69, 9.17) is 16.1 Å². The predicted octanol–water partition coefficient (Wildman–Crippen LogP) is 4.54. The van der Waals surface area contributed by atoms with E-state index in [0.717, 1.165) is 15.7 Å². The summed E-state index contributed by atoms with van der Waals surface area (Å²) in [6.07, 6.45) is 0.690. The van der Waals surface area contributed by atoms with E-state index >= 15 is 0 Å². The highest BCUT2D eigenvalue weighted by Gasteiger charge is 2.18. The van der Waals surface area contributed by atoms with Crippen molar-refractivity contribution in [1.82, 2.24) is 15.5 Å². The van der Waals surface area contributed by atoms with E-state index in [-0.39, 0.29) is 17.7 Å². The van der Waals surface area contributed by atoms with Crippen LogP contribution in [0.15, 0.2) is 45.8 Å². The van der Waals surface area contributed by atoms with Gasteiger partial charge in [-0.05, 0) is 23.9 Å². The number of aryl methyl sites for hydroxylation is 1. The van der Waals surface area contributed by atoms with Crippen LogP contribution in [0.3, 0.4) is 0 Å². The van der Waals surface area contributed by atoms with Gasteiger partial charge in [-0.2, -0.15) is 4.98 Å². The van der Waals surface area contributed by atoms with Crippen LogP contribution in [0.1, 0.15) is 31.1 Å². The fourth-order valence-corrected chi connectivity index (χ4v) is 3.82. The number of benzene rings is 2. The van der Waals surface area contributed by atoms with Crippen molar-refractivity contribution in [2.45, 2.75) is 31.2 Å². The Labute approximate surface area is 155 Å². The summed E-state index contributed by atoms with van der Waals surface area (Å²) >= 11 is 7.79. The Morgan fingerprint density at radius 1 is 1.32 bits per heavy atom. The minimum atomic E-state index is -0.248. The van der Waals surface area contributed by atoms with Gasteiger partial charge >= 0.3 is 0 Å². The molecule has 3 aromatic rings. The highest BCUT2D eigenvalue weighted by atomic mass is 35.5. The van der Waals surface area contributed by atoms with Crippen molar-refractivity contribution in [1.29, 1.82) is 0 Å². The number of rotatable bonds is 6. The molecule has 1 atom stereocenters. The maximum absolute atomic E-state index is 12.3. The molecule has 3 rings (SSSR count). The smallest absolute Gasteiger partial charge is 0.230 e. The van der Waals surface area contributed by atoms with Gasteiger partial charge in [0.05, 0.1) is 11.8 Å². The van der Waals surface area contributed by atoms with Crippen molar-refractivity contribution in [3.8, 4) is 0 Å². The Bertz CT molecular complexity index is 892. The van der Waals surface area contributed by atoms with E-state index in [2.05, 4.69) is 15.5 Å². The Kier molecular flexibility index (Phi) is 5.60. The van der Waals surface area contributed by atoms with Crippen LogP contribution in [-0.4, -0.2) is 21.8 Å². The van der Waals surface area contributed by atoms with Gasteiger partial charge in [-0.15, -0.1) is 11.8 Å². The first-order chi connectivity index (χ1) is 12.1. The average molecular weight is 376 g/mol. The van der Waals surface area contributed by atoms with Crippen molar-refractivity contribution < 1.29 is 9.32 Å². The fraction of sp³-hybridized carbons (Fsp3) is 0.278. The number of nitrogens with zero attached hydrogens (tertiary/aromatic N) is 2. The standard InChI is InChI=1S/C18H18ClN3O2S/c1-3-14(18-20-11(2)24-22-18)21-16(23)10-25-15-9-5-7-12-6-4-8-13(19)17(12)15/h4-9,14H,3,10H2,1-2H3,(H,21,23). The minimum Gasteiger partial charge on any atom is -0.345 e. The number of hydrogen-bond acceptors (Lipinski definition) is 5. The quantitative estimate of drug-likeness (QED) is 0.640. The molecular weight excluding hydrogens is 358 g/mol. The van der Waals surface area contributed by atoms with E-state index in [1.165, 1.54) is 11.8 Å². The molecule has 7 heteroatoms. The zero-order valence-electron chi connectivity index (χ0n) is 14.0. The molecule has 0 radical (unpaired) electrons. The van der Waals surface area contributed by atoms with Crippen LogP contribution < -0.4 is 5.32 Å². The van der Waals surface area contributed by atoms with Crippen LogP contribution in [0, 0.1) is 6.92 Å². The second-order valence-corrected chi connectivity index (χ2v) is 7.01. The third-order valence-electron chi connectivity index (χ3n) is 3.77. The lowest BCUT2D eigenvalue weighted by molar-refractivity contribution is -0.119. The van der Waals surface area contributed by atoms with Crippen LogP contribution in [0.25, 0.3) is 10.8 Å². The summed E-state index contributed by atoms with van der Waals surface area (Å²) in [6, 6.07) is 11.5. The topological polar surface area (TPSA) is 68.0 Å². The molecule has 0 aliphatic carbocycles. The Hall–Kier alpha value is -2.05. The first kappa shape index (κ1) is 17.8. The molecule has 1 amide bonds. The number of hydrogen-bond donors (Lipinski definition) is 1. The summed E-state index contributed by atoms with van der Waals surface area (Å²) in [4.78, 5) is 17.5. The van der Waals surface area contributed by atoms with E-state index in [9.17, 15) is 4.79 Å². The second kappa shape index (κ2) is 7.89. The average Bonchev–Trinajstić information content (AvgIpc) is 3.04. The second-order valence-electron chi connectivity index (χ2n) is 5.58. The molecular formula is C18H18ClN3O2S. The number of carbonyl (C=O) groups is 1. The molecule has 0 bridgehead atoms. The highest BCUT2D eigenvalue weighted by molar-refractivity contribution is 8.00. The first-order valence-corrected chi connectivity index (χ1v) is 9.34. The van der Waals surface area contributed by atoms with Crippen molar-refractivity contribution in [2.24, 2.45) is 0 Å². The fourth-order valence-electron chi connectivity index (χ4n) is 2.57. The van der Waals surface area contributed by atoms with Crippen LogP contribution in [0.5, 0.6) is 0 Å². The molecule has 1 N–H and O–H groups in total. The van der Waals surface area contributed by atoms with Crippen LogP contribution >= 0.6 is 23.4 Å². The van der Waals surface area contributed by atoms with Crippen LogP contribution in [0.4, 0.5) is 0 Å². The molecule has 0 saturated heterocycles. The van der Waals surface area contributed by atoms with E-state index < -0.39 is 0 Å². The zero-order valence-corrected chi connectivity index (χ0v) is 15.5. The number of amides is 1. The minimum absolute atomic E-state index is 0.0802. The van der Waals surface area contributed by atoms with Gasteiger partial charge in [-0.1, -0.05) is 47.9 Å².